The zero-order chi connectivity index (χ0) is 15.0. The Kier molecular flexibility index (Phi) is 6.42. The van der Waals surface area contributed by atoms with Gasteiger partial charge in [0.1, 0.15) is 11.2 Å². The third kappa shape index (κ3) is 3.92. The molecule has 1 atom stereocenters. The number of hydrogen-bond acceptors (Lipinski definition) is 5. The van der Waals surface area contributed by atoms with Crippen LogP contribution in [0.2, 0.25) is 0 Å². The zero-order valence-corrected chi connectivity index (χ0v) is 12.1. The van der Waals surface area contributed by atoms with Crippen molar-refractivity contribution in [1.82, 2.24) is 0 Å². The van der Waals surface area contributed by atoms with Crippen molar-refractivity contribution >= 4 is 17.7 Å². The highest BCUT2D eigenvalue weighted by molar-refractivity contribution is 6.04. The van der Waals surface area contributed by atoms with E-state index in [2.05, 4.69) is 0 Å². The average Bonchev–Trinajstić information content (AvgIpc) is 2.41. The van der Waals surface area contributed by atoms with E-state index in [0.717, 1.165) is 12.8 Å². The molecule has 0 spiro atoms. The molecule has 20 heavy (non-hydrogen) atoms. The molecule has 0 N–H and O–H groups in total. The van der Waals surface area contributed by atoms with Crippen LogP contribution >= 0.6 is 0 Å². The van der Waals surface area contributed by atoms with E-state index >= 15 is 0 Å². The quantitative estimate of drug-likeness (QED) is 0.424. The first kappa shape index (κ1) is 16.4. The first-order valence-corrected chi connectivity index (χ1v) is 7.10. The molecule has 0 aromatic carbocycles. The number of Topliss-reactive ketones (excluding diaryl/α,β-unsaturated/α-hetero) is 1. The summed E-state index contributed by atoms with van der Waals surface area (Å²) in [5.41, 5.74) is -1.11. The third-order valence-electron chi connectivity index (χ3n) is 3.46. The topological polar surface area (TPSA) is 69.7 Å². The van der Waals surface area contributed by atoms with Gasteiger partial charge in [0.25, 0.3) is 0 Å². The predicted molar refractivity (Wildman–Crippen MR) is 72.9 cm³/mol. The highest BCUT2D eigenvalue weighted by Crippen LogP contribution is 2.38. The fourth-order valence-electron chi connectivity index (χ4n) is 2.42. The fourth-order valence-corrected chi connectivity index (χ4v) is 2.42. The normalized spacial score (nSPS) is 22.8. The summed E-state index contributed by atoms with van der Waals surface area (Å²) in [6.45, 7) is 3.98. The molecule has 0 heterocycles. The van der Waals surface area contributed by atoms with Crippen LogP contribution in [-0.2, 0) is 23.9 Å². The summed E-state index contributed by atoms with van der Waals surface area (Å²) in [5, 5.41) is 0. The molecule has 1 aliphatic rings. The Morgan fingerprint density at radius 3 is 2.50 bits per heavy atom. The minimum Gasteiger partial charge on any atom is -0.465 e. The van der Waals surface area contributed by atoms with Crippen LogP contribution < -0.4 is 0 Å². The van der Waals surface area contributed by atoms with Crippen LogP contribution in [0.5, 0.6) is 0 Å². The van der Waals surface area contributed by atoms with Gasteiger partial charge in [-0.2, -0.15) is 0 Å². The Labute approximate surface area is 119 Å². The molecule has 1 saturated carbocycles. The molecule has 5 nitrogen and oxygen atoms in total. The Balaban J connectivity index is 2.80. The Morgan fingerprint density at radius 1 is 1.20 bits per heavy atom. The van der Waals surface area contributed by atoms with Gasteiger partial charge in [-0.25, -0.2) is 4.79 Å². The molecule has 0 radical (unpaired) electrons. The highest BCUT2D eigenvalue weighted by atomic mass is 16.5. The second-order valence-corrected chi connectivity index (χ2v) is 4.79. The number of ketones is 1. The maximum Gasteiger partial charge on any atom is 0.330 e. The van der Waals surface area contributed by atoms with Crippen molar-refractivity contribution in [2.45, 2.75) is 46.0 Å². The highest BCUT2D eigenvalue weighted by Gasteiger charge is 2.46. The molecule has 0 bridgehead atoms. The Morgan fingerprint density at radius 2 is 1.90 bits per heavy atom. The predicted octanol–water partition coefficient (Wildman–Crippen LogP) is 2.19. The molecule has 0 amide bonds. The maximum atomic E-state index is 12.2. The number of carbonyl (C=O) groups is 3. The van der Waals surface area contributed by atoms with Gasteiger partial charge in [0.05, 0.1) is 13.2 Å². The molecule has 0 saturated heterocycles. The van der Waals surface area contributed by atoms with Gasteiger partial charge in [-0.3, -0.25) is 9.59 Å². The molecule has 1 unspecified atom stereocenters. The molecule has 0 aromatic heterocycles. The standard InChI is InChI=1S/C15H22O5/c1-3-19-13(17)9-7-11-15(14(18)20-4-2)10-6-5-8-12(15)16/h7,9H,3-6,8,10-11H2,1-2H3/b9-7+. The van der Waals surface area contributed by atoms with Crippen LogP contribution in [0.3, 0.4) is 0 Å². The average molecular weight is 282 g/mol. The van der Waals surface area contributed by atoms with E-state index in [4.69, 9.17) is 9.47 Å². The van der Waals surface area contributed by atoms with Crippen LogP contribution in [-0.4, -0.2) is 30.9 Å². The molecule has 1 aliphatic carbocycles. The van der Waals surface area contributed by atoms with Crippen molar-refractivity contribution in [3.8, 4) is 0 Å². The van der Waals surface area contributed by atoms with Gasteiger partial charge in [0.2, 0.25) is 0 Å². The van der Waals surface area contributed by atoms with Gasteiger partial charge in [-0.1, -0.05) is 12.5 Å². The third-order valence-corrected chi connectivity index (χ3v) is 3.46. The number of esters is 2. The van der Waals surface area contributed by atoms with E-state index in [9.17, 15) is 14.4 Å². The van der Waals surface area contributed by atoms with E-state index < -0.39 is 17.4 Å². The molecular weight excluding hydrogens is 260 g/mol. The second-order valence-electron chi connectivity index (χ2n) is 4.79. The van der Waals surface area contributed by atoms with Crippen molar-refractivity contribution in [3.05, 3.63) is 12.2 Å². The summed E-state index contributed by atoms with van der Waals surface area (Å²) in [7, 11) is 0. The molecule has 112 valence electrons. The smallest absolute Gasteiger partial charge is 0.330 e. The summed E-state index contributed by atoms with van der Waals surface area (Å²) in [5.74, 6) is -1.02. The first-order valence-electron chi connectivity index (χ1n) is 7.10. The summed E-state index contributed by atoms with van der Waals surface area (Å²) < 4.78 is 9.82. The maximum absolute atomic E-state index is 12.2. The van der Waals surface area contributed by atoms with Crippen molar-refractivity contribution in [3.63, 3.8) is 0 Å². The van der Waals surface area contributed by atoms with Crippen molar-refractivity contribution in [1.29, 1.82) is 0 Å². The van der Waals surface area contributed by atoms with Crippen LogP contribution in [0.25, 0.3) is 0 Å². The lowest BCUT2D eigenvalue weighted by molar-refractivity contribution is -0.162. The fraction of sp³-hybridized carbons (Fsp3) is 0.667. The van der Waals surface area contributed by atoms with Crippen molar-refractivity contribution < 1.29 is 23.9 Å². The Hall–Kier alpha value is -1.65. The van der Waals surface area contributed by atoms with E-state index in [0.29, 0.717) is 19.4 Å². The van der Waals surface area contributed by atoms with E-state index in [1.807, 2.05) is 0 Å². The molecule has 0 aromatic rings. The minimum absolute atomic E-state index is 0.0873. The number of carbonyl (C=O) groups excluding carboxylic acids is 3. The van der Waals surface area contributed by atoms with Gasteiger partial charge in [-0.05, 0) is 33.1 Å². The van der Waals surface area contributed by atoms with E-state index in [-0.39, 0.29) is 18.8 Å². The lowest BCUT2D eigenvalue weighted by Gasteiger charge is -2.32. The largest absolute Gasteiger partial charge is 0.465 e. The van der Waals surface area contributed by atoms with Crippen LogP contribution in [0, 0.1) is 5.41 Å². The number of hydrogen-bond donors (Lipinski definition) is 0. The summed E-state index contributed by atoms with van der Waals surface area (Å²) in [4.78, 5) is 35.6. The number of ether oxygens (including phenoxy) is 2. The lowest BCUT2D eigenvalue weighted by Crippen LogP contribution is -2.42. The Bertz CT molecular complexity index is 399. The van der Waals surface area contributed by atoms with Crippen molar-refractivity contribution in [2.24, 2.45) is 5.41 Å². The van der Waals surface area contributed by atoms with Crippen LogP contribution in [0.1, 0.15) is 46.0 Å². The molecular formula is C15H22O5. The van der Waals surface area contributed by atoms with Crippen LogP contribution in [0.15, 0.2) is 12.2 Å². The SMILES string of the molecule is CCOC(=O)/C=C/CC1(C(=O)OCC)CCCCC1=O. The second kappa shape index (κ2) is 7.82. The summed E-state index contributed by atoms with van der Waals surface area (Å²) in [6.07, 6.45) is 5.51. The summed E-state index contributed by atoms with van der Waals surface area (Å²) >= 11 is 0. The minimum atomic E-state index is -1.11. The molecule has 1 fully saturated rings. The van der Waals surface area contributed by atoms with Gasteiger partial charge >= 0.3 is 11.9 Å². The van der Waals surface area contributed by atoms with Gasteiger partial charge in [0.15, 0.2) is 0 Å². The number of allylic oxidation sites excluding steroid dienone is 1. The molecule has 5 heteroatoms. The summed E-state index contributed by atoms with van der Waals surface area (Å²) in [6, 6.07) is 0. The first-order chi connectivity index (χ1) is 9.56. The van der Waals surface area contributed by atoms with Gasteiger partial charge < -0.3 is 9.47 Å². The van der Waals surface area contributed by atoms with Gasteiger partial charge in [-0.15, -0.1) is 0 Å². The van der Waals surface area contributed by atoms with E-state index in [1.165, 1.54) is 12.2 Å². The molecule has 1 rings (SSSR count). The molecule has 0 aliphatic heterocycles. The monoisotopic (exact) mass is 282 g/mol. The van der Waals surface area contributed by atoms with Crippen LogP contribution in [0.4, 0.5) is 0 Å². The number of rotatable bonds is 6. The lowest BCUT2D eigenvalue weighted by atomic mass is 9.70. The van der Waals surface area contributed by atoms with E-state index in [1.54, 1.807) is 13.8 Å². The van der Waals surface area contributed by atoms with Gasteiger partial charge in [0, 0.05) is 12.5 Å². The zero-order valence-electron chi connectivity index (χ0n) is 12.1. The van der Waals surface area contributed by atoms with Crippen molar-refractivity contribution in [2.75, 3.05) is 13.2 Å².